The van der Waals surface area contributed by atoms with E-state index >= 15 is 0 Å². The van der Waals surface area contributed by atoms with Crippen molar-refractivity contribution in [2.24, 2.45) is 5.92 Å². The van der Waals surface area contributed by atoms with Gasteiger partial charge in [0.2, 0.25) is 5.91 Å². The van der Waals surface area contributed by atoms with E-state index < -0.39 is 5.82 Å². The first-order valence-corrected chi connectivity index (χ1v) is 7.64. The first-order valence-electron chi connectivity index (χ1n) is 6.28. The van der Waals surface area contributed by atoms with Gasteiger partial charge >= 0.3 is 0 Å². The number of carbonyl (C=O) groups is 2. The van der Waals surface area contributed by atoms with Gasteiger partial charge in [-0.3, -0.25) is 9.59 Å². The van der Waals surface area contributed by atoms with Crippen molar-refractivity contribution in [3.05, 3.63) is 28.5 Å². The Morgan fingerprint density at radius 2 is 2.25 bits per heavy atom. The van der Waals surface area contributed by atoms with Gasteiger partial charge in [0, 0.05) is 25.6 Å². The van der Waals surface area contributed by atoms with E-state index in [1.165, 1.54) is 29.7 Å². The third kappa shape index (κ3) is 3.15. The van der Waals surface area contributed by atoms with Crippen molar-refractivity contribution in [1.29, 1.82) is 0 Å². The predicted molar refractivity (Wildman–Crippen MR) is 79.7 cm³/mol. The van der Waals surface area contributed by atoms with Crippen molar-refractivity contribution in [2.45, 2.75) is 20.3 Å². The van der Waals surface area contributed by atoms with Crippen LogP contribution < -0.4 is 4.90 Å². The summed E-state index contributed by atoms with van der Waals surface area (Å²) in [5, 5.41) is 0.300. The lowest BCUT2D eigenvalue weighted by atomic mass is 10.1. The van der Waals surface area contributed by atoms with Gasteiger partial charge < -0.3 is 4.90 Å². The Kier molecular flexibility index (Phi) is 4.70. The summed E-state index contributed by atoms with van der Waals surface area (Å²) in [4.78, 5) is 24.4. The van der Waals surface area contributed by atoms with Crippen LogP contribution in [0.1, 0.15) is 18.9 Å². The van der Waals surface area contributed by atoms with E-state index in [0.717, 1.165) is 5.56 Å². The molecular weight excluding hydrogens is 301 g/mol. The van der Waals surface area contributed by atoms with Gasteiger partial charge in [-0.25, -0.2) is 4.39 Å². The third-order valence-corrected chi connectivity index (χ3v) is 4.78. The fourth-order valence-electron chi connectivity index (χ4n) is 2.23. The first-order chi connectivity index (χ1) is 9.40. The van der Waals surface area contributed by atoms with Gasteiger partial charge in [0.25, 0.3) is 0 Å². The van der Waals surface area contributed by atoms with E-state index in [1.807, 2.05) is 0 Å². The van der Waals surface area contributed by atoms with Gasteiger partial charge in [-0.15, -0.1) is 0 Å². The molecule has 1 aliphatic heterocycles. The standard InChI is InChI=1S/C14H15ClFNO2S/c1-8-3-4-11(16)14(13(8)15)17-6-10(5-12(17)19)7-20-9(2)18/h3-4,10H,5-7H2,1-2H3. The van der Waals surface area contributed by atoms with Crippen molar-refractivity contribution in [3.8, 4) is 0 Å². The zero-order valence-corrected chi connectivity index (χ0v) is 12.9. The van der Waals surface area contributed by atoms with E-state index in [-0.39, 0.29) is 27.7 Å². The zero-order valence-electron chi connectivity index (χ0n) is 11.3. The number of carbonyl (C=O) groups excluding carboxylic acids is 2. The average molecular weight is 316 g/mol. The van der Waals surface area contributed by atoms with Gasteiger partial charge in [-0.1, -0.05) is 29.4 Å². The van der Waals surface area contributed by atoms with Crippen LogP contribution in [0.25, 0.3) is 0 Å². The maximum Gasteiger partial charge on any atom is 0.227 e. The molecule has 2 rings (SSSR count). The van der Waals surface area contributed by atoms with E-state index in [2.05, 4.69) is 0 Å². The van der Waals surface area contributed by atoms with Gasteiger partial charge in [0.05, 0.1) is 10.7 Å². The summed E-state index contributed by atoms with van der Waals surface area (Å²) in [6.45, 7) is 3.67. The molecule has 1 saturated heterocycles. The molecule has 3 nitrogen and oxygen atoms in total. The van der Waals surface area contributed by atoms with Crippen LogP contribution in [0.5, 0.6) is 0 Å². The predicted octanol–water partition coefficient (Wildman–Crippen LogP) is 3.42. The molecule has 0 spiro atoms. The summed E-state index contributed by atoms with van der Waals surface area (Å²) >= 11 is 7.32. The topological polar surface area (TPSA) is 37.4 Å². The molecule has 0 aliphatic carbocycles. The molecule has 1 unspecified atom stereocenters. The number of halogens is 2. The molecule has 6 heteroatoms. The van der Waals surface area contributed by atoms with Crippen LogP contribution in [0.4, 0.5) is 10.1 Å². The van der Waals surface area contributed by atoms with E-state index in [9.17, 15) is 14.0 Å². The van der Waals surface area contributed by atoms with E-state index in [1.54, 1.807) is 13.0 Å². The van der Waals surface area contributed by atoms with Gasteiger partial charge in [-0.05, 0) is 24.5 Å². The van der Waals surface area contributed by atoms with Crippen LogP contribution in [0, 0.1) is 18.7 Å². The highest BCUT2D eigenvalue weighted by atomic mass is 35.5. The molecule has 0 aromatic heterocycles. The normalized spacial score (nSPS) is 18.7. The fourth-order valence-corrected chi connectivity index (χ4v) is 3.18. The molecule has 1 aromatic rings. The second-order valence-electron chi connectivity index (χ2n) is 4.90. The lowest BCUT2D eigenvalue weighted by Gasteiger charge is -2.20. The minimum absolute atomic E-state index is 0.0238. The number of amides is 1. The summed E-state index contributed by atoms with van der Waals surface area (Å²) in [6, 6.07) is 2.91. The number of hydrogen-bond acceptors (Lipinski definition) is 3. The minimum Gasteiger partial charge on any atom is -0.308 e. The van der Waals surface area contributed by atoms with Crippen LogP contribution in [-0.4, -0.2) is 23.3 Å². The molecule has 0 radical (unpaired) electrons. The van der Waals surface area contributed by atoms with E-state index in [0.29, 0.717) is 18.7 Å². The van der Waals surface area contributed by atoms with Crippen molar-refractivity contribution in [2.75, 3.05) is 17.2 Å². The summed E-state index contributed by atoms with van der Waals surface area (Å²) in [7, 11) is 0. The molecule has 1 aromatic carbocycles. The maximum absolute atomic E-state index is 14.0. The smallest absolute Gasteiger partial charge is 0.227 e. The molecule has 1 amide bonds. The molecule has 0 bridgehead atoms. The molecule has 0 saturated carbocycles. The summed E-state index contributed by atoms with van der Waals surface area (Å²) < 4.78 is 14.0. The van der Waals surface area contributed by atoms with Crippen LogP contribution >= 0.6 is 23.4 Å². The number of hydrogen-bond donors (Lipinski definition) is 0. The number of anilines is 1. The number of benzene rings is 1. The highest BCUT2D eigenvalue weighted by Gasteiger charge is 2.33. The molecule has 108 valence electrons. The Morgan fingerprint density at radius 1 is 1.55 bits per heavy atom. The second kappa shape index (κ2) is 6.14. The van der Waals surface area contributed by atoms with Gasteiger partial charge in [0.15, 0.2) is 5.12 Å². The Morgan fingerprint density at radius 3 is 2.90 bits per heavy atom. The molecule has 1 atom stereocenters. The number of thioether (sulfide) groups is 1. The molecule has 0 N–H and O–H groups in total. The molecule has 20 heavy (non-hydrogen) atoms. The maximum atomic E-state index is 14.0. The third-order valence-electron chi connectivity index (χ3n) is 3.26. The van der Waals surface area contributed by atoms with Crippen molar-refractivity contribution in [3.63, 3.8) is 0 Å². The Labute approximate surface area is 126 Å². The van der Waals surface area contributed by atoms with Gasteiger partial charge in [0.1, 0.15) is 5.82 Å². The van der Waals surface area contributed by atoms with Crippen molar-refractivity contribution < 1.29 is 14.0 Å². The minimum atomic E-state index is -0.492. The fraction of sp³-hybridized carbons (Fsp3) is 0.429. The molecule has 1 fully saturated rings. The number of rotatable bonds is 3. The largest absolute Gasteiger partial charge is 0.308 e. The molecular formula is C14H15ClFNO2S. The van der Waals surface area contributed by atoms with Crippen molar-refractivity contribution >= 4 is 40.1 Å². The van der Waals surface area contributed by atoms with Crippen molar-refractivity contribution in [1.82, 2.24) is 0 Å². The Balaban J connectivity index is 2.20. The summed E-state index contributed by atoms with van der Waals surface area (Å²) in [6.07, 6.45) is 0.323. The number of aryl methyl sites for hydroxylation is 1. The van der Waals surface area contributed by atoms with Crippen LogP contribution in [-0.2, 0) is 9.59 Å². The van der Waals surface area contributed by atoms with E-state index in [4.69, 9.17) is 11.6 Å². The lowest BCUT2D eigenvalue weighted by molar-refractivity contribution is -0.117. The Bertz CT molecular complexity index is 564. The average Bonchev–Trinajstić information content (AvgIpc) is 2.74. The monoisotopic (exact) mass is 315 g/mol. The molecule has 1 heterocycles. The SMILES string of the molecule is CC(=O)SCC1CC(=O)N(c2c(F)ccc(C)c2Cl)C1. The quantitative estimate of drug-likeness (QED) is 0.857. The number of nitrogens with zero attached hydrogens (tertiary/aromatic N) is 1. The Hall–Kier alpha value is -1.07. The first kappa shape index (κ1) is 15.3. The van der Waals surface area contributed by atoms with Crippen LogP contribution in [0.3, 0.4) is 0 Å². The lowest BCUT2D eigenvalue weighted by Crippen LogP contribution is -2.26. The van der Waals surface area contributed by atoms with Crippen LogP contribution in [0.15, 0.2) is 12.1 Å². The molecule has 1 aliphatic rings. The highest BCUT2D eigenvalue weighted by Crippen LogP contribution is 2.36. The summed E-state index contributed by atoms with van der Waals surface area (Å²) in [5.74, 6) is -0.0189. The summed E-state index contributed by atoms with van der Waals surface area (Å²) in [5.41, 5.74) is 0.893. The highest BCUT2D eigenvalue weighted by molar-refractivity contribution is 8.13. The van der Waals surface area contributed by atoms with Gasteiger partial charge in [-0.2, -0.15) is 0 Å². The second-order valence-corrected chi connectivity index (χ2v) is 6.48. The zero-order chi connectivity index (χ0) is 14.9. The van der Waals surface area contributed by atoms with Crippen LogP contribution in [0.2, 0.25) is 5.02 Å².